The number of benzene rings is 6. The highest BCUT2D eigenvalue weighted by Gasteiger charge is 2.22. The Bertz CT molecular complexity index is 2060. The molecule has 37 heavy (non-hydrogen) atoms. The molecule has 1 aromatic heterocycles. The highest BCUT2D eigenvalue weighted by molar-refractivity contribution is 6.19. The van der Waals surface area contributed by atoms with Crippen LogP contribution in [0.15, 0.2) is 121 Å². The first-order valence-corrected chi connectivity index (χ1v) is 12.5. The van der Waals surface area contributed by atoms with Crippen molar-refractivity contribution < 1.29 is 0 Å². The minimum atomic E-state index is 0.668. The van der Waals surface area contributed by atoms with E-state index in [1.165, 1.54) is 54.9 Å². The summed E-state index contributed by atoms with van der Waals surface area (Å²) in [6.45, 7) is 0. The highest BCUT2D eigenvalue weighted by atomic mass is 15.0. The fourth-order valence-electron chi connectivity index (χ4n) is 6.16. The van der Waals surface area contributed by atoms with Gasteiger partial charge < -0.3 is 4.57 Å². The van der Waals surface area contributed by atoms with Crippen LogP contribution in [0.25, 0.3) is 71.6 Å². The van der Waals surface area contributed by atoms with Gasteiger partial charge in [-0.05, 0) is 86.6 Å². The second-order valence-corrected chi connectivity index (χ2v) is 9.68. The van der Waals surface area contributed by atoms with Gasteiger partial charge in [-0.2, -0.15) is 5.26 Å². The van der Waals surface area contributed by atoms with Crippen molar-refractivity contribution in [1.29, 1.82) is 5.26 Å². The van der Waals surface area contributed by atoms with Crippen LogP contribution in [-0.4, -0.2) is 4.57 Å². The summed E-state index contributed by atoms with van der Waals surface area (Å²) in [5.41, 5.74) is 11.8. The molecular weight excluding hydrogens is 448 g/mol. The molecule has 2 nitrogen and oxygen atoms in total. The number of rotatable bonds is 2. The van der Waals surface area contributed by atoms with Crippen LogP contribution >= 0.6 is 0 Å². The Labute approximate surface area is 214 Å². The van der Waals surface area contributed by atoms with Gasteiger partial charge in [-0.25, -0.2) is 0 Å². The molecule has 6 aromatic carbocycles. The van der Waals surface area contributed by atoms with Crippen LogP contribution in [-0.2, 0) is 0 Å². The third-order valence-electron chi connectivity index (χ3n) is 7.79. The van der Waals surface area contributed by atoms with Gasteiger partial charge in [0.15, 0.2) is 0 Å². The van der Waals surface area contributed by atoms with Crippen molar-refractivity contribution in [2.45, 2.75) is 0 Å². The molecule has 0 saturated heterocycles. The normalized spacial score (nSPS) is 11.8. The summed E-state index contributed by atoms with van der Waals surface area (Å²) in [6, 6.07) is 45.4. The Morgan fingerprint density at radius 3 is 1.95 bits per heavy atom. The molecule has 170 valence electrons. The monoisotopic (exact) mass is 468 g/mol. The zero-order valence-electron chi connectivity index (χ0n) is 19.9. The number of nitrogens with zero attached hydrogens (tertiary/aromatic N) is 2. The van der Waals surface area contributed by atoms with Gasteiger partial charge >= 0.3 is 0 Å². The summed E-state index contributed by atoms with van der Waals surface area (Å²) in [7, 11) is 0. The average molecular weight is 469 g/mol. The second kappa shape index (κ2) is 7.43. The zero-order valence-corrected chi connectivity index (χ0v) is 19.9. The van der Waals surface area contributed by atoms with E-state index in [2.05, 4.69) is 108 Å². The second-order valence-electron chi connectivity index (χ2n) is 9.68. The van der Waals surface area contributed by atoms with Gasteiger partial charge in [-0.1, -0.05) is 78.9 Å². The first kappa shape index (κ1) is 20.1. The number of hydrogen-bond donors (Lipinski definition) is 0. The predicted octanol–water partition coefficient (Wildman–Crippen LogP) is 9.12. The number of aromatic nitrogens is 1. The van der Waals surface area contributed by atoms with E-state index in [9.17, 15) is 5.26 Å². The maximum absolute atomic E-state index is 9.25. The standard InChI is InChI=1S/C35H20N2/c36-21-22-12-15-24(16-13-22)37-33-11-4-3-8-28(33)32-20-23(14-19-34(32)37)25-17-18-31-27-7-2-1-6-26(27)30-10-5-9-29(25)35(30)31/h1-20H. The molecule has 0 fully saturated rings. The van der Waals surface area contributed by atoms with Crippen LogP contribution in [0.1, 0.15) is 5.56 Å². The average Bonchev–Trinajstić information content (AvgIpc) is 3.47. The zero-order chi connectivity index (χ0) is 24.5. The maximum Gasteiger partial charge on any atom is 0.0991 e. The van der Waals surface area contributed by atoms with Crippen molar-refractivity contribution >= 4 is 32.6 Å². The third-order valence-corrected chi connectivity index (χ3v) is 7.79. The lowest BCUT2D eigenvalue weighted by Gasteiger charge is -2.11. The molecule has 8 rings (SSSR count). The first-order valence-electron chi connectivity index (χ1n) is 12.5. The van der Waals surface area contributed by atoms with Crippen LogP contribution in [0.5, 0.6) is 0 Å². The number of fused-ring (bicyclic) bond motifs is 6. The predicted molar refractivity (Wildman–Crippen MR) is 153 cm³/mol. The van der Waals surface area contributed by atoms with Crippen LogP contribution in [0.3, 0.4) is 0 Å². The molecule has 0 radical (unpaired) electrons. The smallest absolute Gasteiger partial charge is 0.0991 e. The van der Waals surface area contributed by atoms with E-state index in [0.29, 0.717) is 5.56 Å². The van der Waals surface area contributed by atoms with Crippen molar-refractivity contribution in [3.63, 3.8) is 0 Å². The van der Waals surface area contributed by atoms with Gasteiger partial charge in [-0.3, -0.25) is 0 Å². The van der Waals surface area contributed by atoms with E-state index in [1.807, 2.05) is 24.3 Å². The van der Waals surface area contributed by atoms with Crippen molar-refractivity contribution in [3.8, 4) is 45.1 Å². The Morgan fingerprint density at radius 2 is 1.14 bits per heavy atom. The molecule has 0 bridgehead atoms. The van der Waals surface area contributed by atoms with Gasteiger partial charge in [-0.15, -0.1) is 0 Å². The largest absolute Gasteiger partial charge is 0.309 e. The van der Waals surface area contributed by atoms with Gasteiger partial charge in [0.1, 0.15) is 0 Å². The molecule has 0 amide bonds. The lowest BCUT2D eigenvalue weighted by atomic mass is 9.93. The van der Waals surface area contributed by atoms with Crippen LogP contribution in [0.2, 0.25) is 0 Å². The molecule has 2 heteroatoms. The molecule has 0 atom stereocenters. The maximum atomic E-state index is 9.25. The summed E-state index contributed by atoms with van der Waals surface area (Å²) in [6.07, 6.45) is 0. The SMILES string of the molecule is N#Cc1ccc(-n2c3ccccc3c3cc(-c4ccc5c6c(cccc46)-c4ccccc4-5)ccc32)cc1. The van der Waals surface area contributed by atoms with Gasteiger partial charge in [0.2, 0.25) is 0 Å². The Kier molecular flexibility index (Phi) is 4.04. The van der Waals surface area contributed by atoms with Crippen molar-refractivity contribution in [1.82, 2.24) is 4.57 Å². The lowest BCUT2D eigenvalue weighted by molar-refractivity contribution is 1.18. The molecule has 7 aromatic rings. The molecule has 0 saturated carbocycles. The molecular formula is C35H20N2. The third kappa shape index (κ3) is 2.74. The fraction of sp³-hybridized carbons (Fsp3) is 0. The summed E-state index contributed by atoms with van der Waals surface area (Å²) >= 11 is 0. The molecule has 0 unspecified atom stereocenters. The van der Waals surface area contributed by atoms with Gasteiger partial charge in [0.05, 0.1) is 22.7 Å². The van der Waals surface area contributed by atoms with E-state index >= 15 is 0 Å². The number of para-hydroxylation sites is 1. The van der Waals surface area contributed by atoms with Crippen molar-refractivity contribution in [2.24, 2.45) is 0 Å². The fourth-order valence-corrected chi connectivity index (χ4v) is 6.16. The van der Waals surface area contributed by atoms with E-state index < -0.39 is 0 Å². The van der Waals surface area contributed by atoms with E-state index in [4.69, 9.17) is 0 Å². The molecule has 0 N–H and O–H groups in total. The number of nitriles is 1. The van der Waals surface area contributed by atoms with Crippen molar-refractivity contribution in [2.75, 3.05) is 0 Å². The molecule has 1 aliphatic rings. The Morgan fingerprint density at radius 1 is 0.486 bits per heavy atom. The van der Waals surface area contributed by atoms with Gasteiger partial charge in [0.25, 0.3) is 0 Å². The van der Waals surface area contributed by atoms with E-state index in [0.717, 1.165) is 16.7 Å². The molecule has 0 aliphatic heterocycles. The topological polar surface area (TPSA) is 28.7 Å². The first-order chi connectivity index (χ1) is 18.3. The number of hydrogen-bond acceptors (Lipinski definition) is 1. The molecule has 1 heterocycles. The van der Waals surface area contributed by atoms with Crippen LogP contribution < -0.4 is 0 Å². The van der Waals surface area contributed by atoms with Crippen LogP contribution in [0, 0.1) is 11.3 Å². The summed E-state index contributed by atoms with van der Waals surface area (Å²) in [4.78, 5) is 0. The highest BCUT2D eigenvalue weighted by Crippen LogP contribution is 2.49. The van der Waals surface area contributed by atoms with E-state index in [1.54, 1.807) is 0 Å². The Hall–Kier alpha value is -5.13. The summed E-state index contributed by atoms with van der Waals surface area (Å²) in [5.74, 6) is 0. The quantitative estimate of drug-likeness (QED) is 0.249. The van der Waals surface area contributed by atoms with Crippen LogP contribution in [0.4, 0.5) is 0 Å². The Balaban J connectivity index is 1.38. The summed E-state index contributed by atoms with van der Waals surface area (Å²) in [5, 5.41) is 14.3. The summed E-state index contributed by atoms with van der Waals surface area (Å²) < 4.78 is 2.29. The molecule has 0 spiro atoms. The minimum Gasteiger partial charge on any atom is -0.309 e. The minimum absolute atomic E-state index is 0.668. The van der Waals surface area contributed by atoms with E-state index in [-0.39, 0.29) is 0 Å². The molecule has 1 aliphatic carbocycles. The van der Waals surface area contributed by atoms with Gasteiger partial charge in [0, 0.05) is 16.5 Å². The lowest BCUT2D eigenvalue weighted by Crippen LogP contribution is -1.93. The van der Waals surface area contributed by atoms with Crippen molar-refractivity contribution in [3.05, 3.63) is 127 Å².